The van der Waals surface area contributed by atoms with Gasteiger partial charge in [-0.25, -0.2) is 9.59 Å². The van der Waals surface area contributed by atoms with Gasteiger partial charge in [-0.3, -0.25) is 4.79 Å². The highest BCUT2D eigenvalue weighted by Crippen LogP contribution is 2.29. The van der Waals surface area contributed by atoms with Crippen LogP contribution in [0, 0.1) is 5.41 Å². The zero-order valence-electron chi connectivity index (χ0n) is 16.9. The van der Waals surface area contributed by atoms with Gasteiger partial charge in [-0.15, -0.1) is 0 Å². The first kappa shape index (κ1) is 22.3. The topological polar surface area (TPSA) is 105 Å². The van der Waals surface area contributed by atoms with Crippen LogP contribution in [0.2, 0.25) is 0 Å². The van der Waals surface area contributed by atoms with Gasteiger partial charge in [0.2, 0.25) is 5.91 Å². The summed E-state index contributed by atoms with van der Waals surface area (Å²) in [6.07, 6.45) is 2.98. The highest BCUT2D eigenvalue weighted by Gasteiger charge is 2.42. The molecule has 0 aromatic rings. The summed E-state index contributed by atoms with van der Waals surface area (Å²) in [4.78, 5) is 36.8. The molecule has 1 saturated carbocycles. The van der Waals surface area contributed by atoms with E-state index >= 15 is 0 Å². The molecule has 150 valence electrons. The zero-order valence-corrected chi connectivity index (χ0v) is 16.9. The van der Waals surface area contributed by atoms with Crippen molar-refractivity contribution < 1.29 is 24.2 Å². The summed E-state index contributed by atoms with van der Waals surface area (Å²) in [5.41, 5.74) is -2.17. The van der Waals surface area contributed by atoms with Crippen LogP contribution in [0.4, 0.5) is 4.79 Å². The van der Waals surface area contributed by atoms with Crippen molar-refractivity contribution in [2.24, 2.45) is 5.41 Å². The van der Waals surface area contributed by atoms with Gasteiger partial charge in [-0.05, 0) is 45.4 Å². The van der Waals surface area contributed by atoms with Crippen LogP contribution in [0.3, 0.4) is 0 Å². The average molecular weight is 370 g/mol. The van der Waals surface area contributed by atoms with Crippen molar-refractivity contribution in [1.82, 2.24) is 10.6 Å². The first-order chi connectivity index (χ1) is 11.7. The fourth-order valence-corrected chi connectivity index (χ4v) is 3.14. The summed E-state index contributed by atoms with van der Waals surface area (Å²) in [5, 5.41) is 15.0. The Morgan fingerprint density at radius 3 is 2.00 bits per heavy atom. The largest absolute Gasteiger partial charge is 0.480 e. The van der Waals surface area contributed by atoms with Gasteiger partial charge in [0.25, 0.3) is 0 Å². The molecule has 0 bridgehead atoms. The average Bonchev–Trinajstić information content (AvgIpc) is 2.43. The van der Waals surface area contributed by atoms with Crippen molar-refractivity contribution in [2.45, 2.75) is 97.2 Å². The minimum atomic E-state index is -1.25. The van der Waals surface area contributed by atoms with E-state index in [0.717, 1.165) is 19.3 Å². The molecule has 0 heterocycles. The molecule has 7 heteroatoms. The summed E-state index contributed by atoms with van der Waals surface area (Å²) >= 11 is 0. The number of alkyl carbamates (subject to hydrolysis) is 1. The predicted octanol–water partition coefficient (Wildman–Crippen LogP) is 3.22. The molecule has 1 rings (SSSR count). The SMILES string of the molecule is CC(C)(C)C[C@@H](NC(=O)OC(C)(C)C)C(=O)NC1(C(=O)O)CCCCC1. The minimum Gasteiger partial charge on any atom is -0.480 e. The Morgan fingerprint density at radius 2 is 1.58 bits per heavy atom. The number of rotatable bonds is 5. The van der Waals surface area contributed by atoms with Gasteiger partial charge in [0.1, 0.15) is 17.2 Å². The van der Waals surface area contributed by atoms with Crippen LogP contribution in [0.15, 0.2) is 0 Å². The molecule has 0 unspecified atom stereocenters. The van der Waals surface area contributed by atoms with Gasteiger partial charge in [0, 0.05) is 0 Å². The summed E-state index contributed by atoms with van der Waals surface area (Å²) < 4.78 is 5.25. The maximum absolute atomic E-state index is 12.9. The van der Waals surface area contributed by atoms with Crippen LogP contribution >= 0.6 is 0 Å². The maximum atomic E-state index is 12.9. The number of ether oxygens (including phenoxy) is 1. The van der Waals surface area contributed by atoms with Gasteiger partial charge >= 0.3 is 12.1 Å². The number of nitrogens with one attached hydrogen (secondary N) is 2. The zero-order chi connectivity index (χ0) is 20.2. The predicted molar refractivity (Wildman–Crippen MR) is 98.8 cm³/mol. The van der Waals surface area contributed by atoms with Gasteiger partial charge in [0.15, 0.2) is 0 Å². The Kier molecular flexibility index (Phi) is 7.08. The number of hydrogen-bond donors (Lipinski definition) is 3. The minimum absolute atomic E-state index is 0.236. The molecule has 0 aliphatic heterocycles. The lowest BCUT2D eigenvalue weighted by Crippen LogP contribution is -2.60. The van der Waals surface area contributed by atoms with Crippen LogP contribution in [-0.4, -0.2) is 40.3 Å². The van der Waals surface area contributed by atoms with Gasteiger partial charge in [-0.1, -0.05) is 40.0 Å². The van der Waals surface area contributed by atoms with Gasteiger partial charge in [0.05, 0.1) is 0 Å². The van der Waals surface area contributed by atoms with E-state index in [4.69, 9.17) is 4.74 Å². The van der Waals surface area contributed by atoms with E-state index in [9.17, 15) is 19.5 Å². The van der Waals surface area contributed by atoms with Crippen molar-refractivity contribution in [2.75, 3.05) is 0 Å². The van der Waals surface area contributed by atoms with E-state index < -0.39 is 35.2 Å². The lowest BCUT2D eigenvalue weighted by Gasteiger charge is -2.36. The molecule has 0 spiro atoms. The van der Waals surface area contributed by atoms with E-state index in [-0.39, 0.29) is 5.41 Å². The molecule has 3 N–H and O–H groups in total. The van der Waals surface area contributed by atoms with Gasteiger partial charge in [-0.2, -0.15) is 0 Å². The molecule has 1 atom stereocenters. The summed E-state index contributed by atoms with van der Waals surface area (Å²) in [5.74, 6) is -1.49. The molecule has 26 heavy (non-hydrogen) atoms. The molecule has 7 nitrogen and oxygen atoms in total. The first-order valence-corrected chi connectivity index (χ1v) is 9.29. The molecule has 2 amide bonds. The van der Waals surface area contributed by atoms with Crippen LogP contribution in [0.1, 0.15) is 80.1 Å². The second kappa shape index (κ2) is 8.27. The lowest BCUT2D eigenvalue weighted by molar-refractivity contribution is -0.149. The third-order valence-corrected chi connectivity index (χ3v) is 4.30. The van der Waals surface area contributed by atoms with E-state index in [2.05, 4.69) is 10.6 Å². The van der Waals surface area contributed by atoms with Crippen LogP contribution in [-0.2, 0) is 14.3 Å². The Morgan fingerprint density at radius 1 is 1.04 bits per heavy atom. The highest BCUT2D eigenvalue weighted by atomic mass is 16.6. The standard InChI is InChI=1S/C19H34N2O5/c1-17(2,3)12-13(20-16(25)26-18(4,5)6)14(22)21-19(15(23)24)10-8-7-9-11-19/h13H,7-12H2,1-6H3,(H,20,25)(H,21,22)(H,23,24)/t13-/m1/s1. The summed E-state index contributed by atoms with van der Waals surface area (Å²) in [7, 11) is 0. The fourth-order valence-electron chi connectivity index (χ4n) is 3.14. The molecule has 0 aromatic carbocycles. The number of carbonyl (C=O) groups is 3. The lowest BCUT2D eigenvalue weighted by atomic mass is 9.81. The van der Waals surface area contributed by atoms with E-state index in [1.165, 1.54) is 0 Å². The second-order valence-corrected chi connectivity index (χ2v) is 9.40. The monoisotopic (exact) mass is 370 g/mol. The van der Waals surface area contributed by atoms with Crippen molar-refractivity contribution in [3.05, 3.63) is 0 Å². The van der Waals surface area contributed by atoms with Crippen molar-refractivity contribution >= 4 is 18.0 Å². The number of aliphatic carboxylic acids is 1. The van der Waals surface area contributed by atoms with Crippen LogP contribution in [0.25, 0.3) is 0 Å². The quantitative estimate of drug-likeness (QED) is 0.689. The molecule has 0 saturated heterocycles. The number of amides is 2. The summed E-state index contributed by atoms with van der Waals surface area (Å²) in [6.45, 7) is 11.1. The van der Waals surface area contributed by atoms with E-state index in [1.807, 2.05) is 20.8 Å². The molecule has 0 aromatic heterocycles. The Bertz CT molecular complexity index is 525. The molecular formula is C19H34N2O5. The summed E-state index contributed by atoms with van der Waals surface area (Å²) in [6, 6.07) is -0.858. The van der Waals surface area contributed by atoms with Crippen molar-refractivity contribution in [3.63, 3.8) is 0 Å². The van der Waals surface area contributed by atoms with Crippen molar-refractivity contribution in [3.8, 4) is 0 Å². The Balaban J connectivity index is 2.92. The molecular weight excluding hydrogens is 336 g/mol. The third-order valence-electron chi connectivity index (χ3n) is 4.30. The molecule has 1 aliphatic rings. The molecule has 0 radical (unpaired) electrons. The first-order valence-electron chi connectivity index (χ1n) is 9.29. The third kappa shape index (κ3) is 7.22. The molecule has 1 fully saturated rings. The van der Waals surface area contributed by atoms with Crippen LogP contribution in [0.5, 0.6) is 0 Å². The normalized spacial score (nSPS) is 18.5. The number of carboxylic acids is 1. The molecule has 1 aliphatic carbocycles. The Labute approximate surface area is 156 Å². The maximum Gasteiger partial charge on any atom is 0.408 e. The highest BCUT2D eigenvalue weighted by molar-refractivity contribution is 5.91. The van der Waals surface area contributed by atoms with Crippen molar-refractivity contribution in [1.29, 1.82) is 0 Å². The second-order valence-electron chi connectivity index (χ2n) is 9.40. The number of carboxylic acid groups (broad SMARTS) is 1. The fraction of sp³-hybridized carbons (Fsp3) is 0.842. The van der Waals surface area contributed by atoms with Gasteiger partial charge < -0.3 is 20.5 Å². The van der Waals surface area contributed by atoms with E-state index in [0.29, 0.717) is 19.3 Å². The number of hydrogen-bond acceptors (Lipinski definition) is 4. The van der Waals surface area contributed by atoms with E-state index in [1.54, 1.807) is 20.8 Å². The Hall–Kier alpha value is -1.79. The number of carbonyl (C=O) groups excluding carboxylic acids is 2. The van der Waals surface area contributed by atoms with Crippen LogP contribution < -0.4 is 10.6 Å². The smallest absolute Gasteiger partial charge is 0.408 e.